The minimum atomic E-state index is -0.0831. The number of amides is 1. The summed E-state index contributed by atoms with van der Waals surface area (Å²) in [5, 5.41) is 5.91. The predicted octanol–water partition coefficient (Wildman–Crippen LogP) is -1.35. The minimum Gasteiger partial charge on any atom is -0.337 e. The van der Waals surface area contributed by atoms with Gasteiger partial charge >= 0.3 is 0 Å². The van der Waals surface area contributed by atoms with Crippen LogP contribution < -0.4 is 10.7 Å². The Balaban J connectivity index is 2.27. The minimum absolute atomic E-state index is 0.0116. The molecule has 0 radical (unpaired) electrons. The number of hydrogen-bond donors (Lipinski definition) is 2. The molecule has 82 valence electrons. The number of rotatable bonds is 2. The summed E-state index contributed by atoms with van der Waals surface area (Å²) in [5.74, 6) is 0. The van der Waals surface area contributed by atoms with Gasteiger partial charge < -0.3 is 15.1 Å². The molecule has 0 aromatic rings. The van der Waals surface area contributed by atoms with E-state index in [1.807, 2.05) is 23.9 Å². The number of likely N-dealkylation sites (N-methyl/N-ethyl adjacent to an activating group) is 2. The van der Waals surface area contributed by atoms with Crippen LogP contribution in [0.15, 0.2) is 0 Å². The van der Waals surface area contributed by atoms with Crippen LogP contribution in [0.25, 0.3) is 0 Å². The van der Waals surface area contributed by atoms with Crippen molar-refractivity contribution >= 4 is 41.1 Å². The quantitative estimate of drug-likeness (QED) is 0.461. The zero-order valence-electron chi connectivity index (χ0n) is 8.30. The zero-order chi connectivity index (χ0) is 11.2. The van der Waals surface area contributed by atoms with Gasteiger partial charge in [-0.2, -0.15) is 0 Å². The van der Waals surface area contributed by atoms with Crippen molar-refractivity contribution in [1.29, 1.82) is 0 Å². The molecule has 8 heteroatoms. The van der Waals surface area contributed by atoms with Crippen molar-refractivity contribution in [1.82, 2.24) is 25.6 Å². The van der Waals surface area contributed by atoms with Crippen molar-refractivity contribution in [2.45, 2.75) is 12.3 Å². The Hall–Kier alpha value is -1.15. The summed E-state index contributed by atoms with van der Waals surface area (Å²) in [6, 6.07) is 0. The molecule has 0 aromatic carbocycles. The third-order valence-electron chi connectivity index (χ3n) is 2.65. The highest BCUT2D eigenvalue weighted by molar-refractivity contribution is 7.80. The van der Waals surface area contributed by atoms with E-state index in [4.69, 9.17) is 24.4 Å². The molecule has 2 N–H and O–H groups in total. The van der Waals surface area contributed by atoms with Gasteiger partial charge in [-0.25, -0.2) is 5.01 Å². The lowest BCUT2D eigenvalue weighted by molar-refractivity contribution is -0.113. The van der Waals surface area contributed by atoms with E-state index in [0.29, 0.717) is 11.5 Å². The first-order chi connectivity index (χ1) is 7.07. The molecule has 0 spiro atoms. The van der Waals surface area contributed by atoms with Gasteiger partial charge in [0.1, 0.15) is 6.17 Å². The second-order valence-electron chi connectivity index (χ2n) is 3.43. The fourth-order valence-electron chi connectivity index (χ4n) is 1.89. The third kappa shape index (κ3) is 1.32. The molecular weight excluding hydrogens is 234 g/mol. The molecule has 0 aromatic heterocycles. The molecule has 2 fully saturated rings. The highest BCUT2D eigenvalue weighted by atomic mass is 32.1. The summed E-state index contributed by atoms with van der Waals surface area (Å²) < 4.78 is 0. The Bertz CT molecular complexity index is 335. The lowest BCUT2D eigenvalue weighted by atomic mass is 10.4. The van der Waals surface area contributed by atoms with E-state index in [1.165, 1.54) is 0 Å². The fourth-order valence-corrected chi connectivity index (χ4v) is 2.39. The van der Waals surface area contributed by atoms with Crippen LogP contribution in [-0.4, -0.2) is 57.9 Å². The van der Waals surface area contributed by atoms with Crippen LogP contribution >= 0.6 is 24.4 Å². The number of nitrogens with zero attached hydrogens (tertiary/aromatic N) is 3. The third-order valence-corrected chi connectivity index (χ3v) is 3.54. The first kappa shape index (κ1) is 10.4. The van der Waals surface area contributed by atoms with E-state index in [1.54, 1.807) is 5.01 Å². The van der Waals surface area contributed by atoms with Crippen LogP contribution in [-0.2, 0) is 4.79 Å². The van der Waals surface area contributed by atoms with Gasteiger partial charge in [-0.1, -0.05) is 0 Å². The van der Waals surface area contributed by atoms with Crippen molar-refractivity contribution in [3.63, 3.8) is 0 Å². The number of carbonyl (C=O) groups excluding carboxylic acids is 1. The van der Waals surface area contributed by atoms with Crippen LogP contribution in [0.3, 0.4) is 0 Å². The second kappa shape index (κ2) is 3.46. The Labute approximate surface area is 98.1 Å². The summed E-state index contributed by atoms with van der Waals surface area (Å²) in [7, 11) is 3.77. The fraction of sp³-hybridized carbons (Fsp3) is 0.571. The maximum Gasteiger partial charge on any atom is 0.225 e. The molecule has 2 heterocycles. The molecule has 1 amide bonds. The van der Waals surface area contributed by atoms with Crippen LogP contribution in [0.1, 0.15) is 0 Å². The van der Waals surface area contributed by atoms with E-state index in [9.17, 15) is 4.79 Å². The Morgan fingerprint density at radius 1 is 1.40 bits per heavy atom. The van der Waals surface area contributed by atoms with Crippen molar-refractivity contribution in [3.8, 4) is 0 Å². The number of nitrogens with one attached hydrogen (secondary N) is 2. The standard InChI is InChI=1S/C7H11N5OS2/c1-10-4-5(11(2)7(10)15)12(8-3-13)6(14)9-4/h3-5H,1-2H3,(H,8,13)(H,9,14). The molecule has 2 rings (SSSR count). The summed E-state index contributed by atoms with van der Waals surface area (Å²) in [6.45, 7) is 0. The SMILES string of the molecule is CN1C(=S)N(C)C2C1NC(=S)N2NC=O. The van der Waals surface area contributed by atoms with Crippen LogP contribution in [0, 0.1) is 0 Å². The molecule has 2 aliphatic heterocycles. The van der Waals surface area contributed by atoms with Gasteiger partial charge in [0.15, 0.2) is 16.4 Å². The number of carbonyl (C=O) groups is 1. The first-order valence-corrected chi connectivity index (χ1v) is 5.18. The summed E-state index contributed by atoms with van der Waals surface area (Å²) in [4.78, 5) is 14.3. The van der Waals surface area contributed by atoms with Gasteiger partial charge in [0.2, 0.25) is 6.41 Å². The topological polar surface area (TPSA) is 50.9 Å². The average molecular weight is 245 g/mol. The maximum atomic E-state index is 10.5. The highest BCUT2D eigenvalue weighted by Gasteiger charge is 2.49. The predicted molar refractivity (Wildman–Crippen MR) is 62.5 cm³/mol. The largest absolute Gasteiger partial charge is 0.337 e. The molecule has 6 nitrogen and oxygen atoms in total. The number of fused-ring (bicyclic) bond motifs is 1. The van der Waals surface area contributed by atoms with Gasteiger partial charge in [-0.05, 0) is 24.4 Å². The molecular formula is C7H11N5OS2. The van der Waals surface area contributed by atoms with Crippen LogP contribution in [0.5, 0.6) is 0 Å². The molecule has 2 saturated heterocycles. The second-order valence-corrected chi connectivity index (χ2v) is 4.18. The maximum absolute atomic E-state index is 10.5. The first-order valence-electron chi connectivity index (χ1n) is 4.37. The molecule has 0 aliphatic carbocycles. The normalized spacial score (nSPS) is 29.3. The van der Waals surface area contributed by atoms with Crippen LogP contribution in [0.4, 0.5) is 0 Å². The van der Waals surface area contributed by atoms with E-state index >= 15 is 0 Å². The molecule has 0 bridgehead atoms. The van der Waals surface area contributed by atoms with Gasteiger partial charge in [-0.15, -0.1) is 0 Å². The van der Waals surface area contributed by atoms with Gasteiger partial charge in [0.05, 0.1) is 0 Å². The van der Waals surface area contributed by atoms with Gasteiger partial charge in [0, 0.05) is 14.1 Å². The molecule has 2 atom stereocenters. The van der Waals surface area contributed by atoms with Crippen molar-refractivity contribution in [2.24, 2.45) is 0 Å². The lowest BCUT2D eigenvalue weighted by Crippen LogP contribution is -2.51. The van der Waals surface area contributed by atoms with Gasteiger partial charge in [-0.3, -0.25) is 10.2 Å². The Morgan fingerprint density at radius 3 is 2.67 bits per heavy atom. The van der Waals surface area contributed by atoms with E-state index in [2.05, 4.69) is 10.7 Å². The smallest absolute Gasteiger partial charge is 0.225 e. The Kier molecular flexibility index (Phi) is 2.39. The highest BCUT2D eigenvalue weighted by Crippen LogP contribution is 2.25. The van der Waals surface area contributed by atoms with Gasteiger partial charge in [0.25, 0.3) is 0 Å². The zero-order valence-corrected chi connectivity index (χ0v) is 9.93. The van der Waals surface area contributed by atoms with E-state index < -0.39 is 0 Å². The summed E-state index contributed by atoms with van der Waals surface area (Å²) in [6.07, 6.45) is 0.508. The molecule has 0 saturated carbocycles. The van der Waals surface area contributed by atoms with Crippen LogP contribution in [0.2, 0.25) is 0 Å². The monoisotopic (exact) mass is 245 g/mol. The lowest BCUT2D eigenvalue weighted by Gasteiger charge is -2.27. The average Bonchev–Trinajstić information content (AvgIpc) is 2.62. The number of hydrazine groups is 1. The number of thiocarbonyl (C=S) groups is 2. The summed E-state index contributed by atoms with van der Waals surface area (Å²) >= 11 is 10.3. The van der Waals surface area contributed by atoms with Crippen molar-refractivity contribution < 1.29 is 4.79 Å². The van der Waals surface area contributed by atoms with E-state index in [0.717, 1.165) is 5.11 Å². The molecule has 2 aliphatic rings. The van der Waals surface area contributed by atoms with Crippen molar-refractivity contribution in [2.75, 3.05) is 14.1 Å². The molecule has 2 unspecified atom stereocenters. The molecule has 15 heavy (non-hydrogen) atoms. The number of hydrogen-bond acceptors (Lipinski definition) is 3. The van der Waals surface area contributed by atoms with E-state index in [-0.39, 0.29) is 12.3 Å². The summed E-state index contributed by atoms with van der Waals surface area (Å²) in [5.41, 5.74) is 2.56. The Morgan fingerprint density at radius 2 is 2.07 bits per heavy atom. The van der Waals surface area contributed by atoms with Crippen molar-refractivity contribution in [3.05, 3.63) is 0 Å².